The van der Waals surface area contributed by atoms with E-state index in [0.717, 1.165) is 0 Å². The van der Waals surface area contributed by atoms with Gasteiger partial charge in [0.1, 0.15) is 5.82 Å². The molecule has 1 fully saturated rings. The van der Waals surface area contributed by atoms with Gasteiger partial charge in [0, 0.05) is 5.56 Å². The molecule has 0 bridgehead atoms. The molecule has 0 heterocycles. The highest BCUT2D eigenvalue weighted by molar-refractivity contribution is 9.10. The van der Waals surface area contributed by atoms with Crippen LogP contribution in [0.25, 0.3) is 0 Å². The van der Waals surface area contributed by atoms with Gasteiger partial charge in [0.15, 0.2) is 0 Å². The quantitative estimate of drug-likeness (QED) is 0.881. The van der Waals surface area contributed by atoms with Gasteiger partial charge in [0.2, 0.25) is 0 Å². The minimum atomic E-state index is -0.653. The van der Waals surface area contributed by atoms with Crippen LogP contribution in [0.1, 0.15) is 30.9 Å². The predicted octanol–water partition coefficient (Wildman–Crippen LogP) is 3.42. The van der Waals surface area contributed by atoms with E-state index in [1.807, 2.05) is 0 Å². The third kappa shape index (κ3) is 2.15. The molecule has 2 rings (SSSR count). The van der Waals surface area contributed by atoms with Crippen molar-refractivity contribution in [2.45, 2.75) is 25.4 Å². The van der Waals surface area contributed by atoms with E-state index < -0.39 is 6.10 Å². The average Bonchev–Trinajstić information content (AvgIpc) is 2.93. The summed E-state index contributed by atoms with van der Waals surface area (Å²) < 4.78 is 13.9. The SMILES string of the molecule is OC(CC1CC1)c1cccc(Br)c1F. The van der Waals surface area contributed by atoms with E-state index >= 15 is 0 Å². The van der Waals surface area contributed by atoms with Crippen LogP contribution in [0.15, 0.2) is 22.7 Å². The summed E-state index contributed by atoms with van der Waals surface area (Å²) in [5, 5.41) is 9.78. The molecule has 1 unspecified atom stereocenters. The molecular formula is C11H12BrFO. The number of rotatable bonds is 3. The summed E-state index contributed by atoms with van der Waals surface area (Å²) in [5.41, 5.74) is 0.409. The van der Waals surface area contributed by atoms with Crippen molar-refractivity contribution < 1.29 is 9.50 Å². The molecular weight excluding hydrogens is 247 g/mol. The van der Waals surface area contributed by atoms with Crippen molar-refractivity contribution in [1.82, 2.24) is 0 Å². The van der Waals surface area contributed by atoms with Crippen molar-refractivity contribution in [2.75, 3.05) is 0 Å². The molecule has 1 aliphatic carbocycles. The van der Waals surface area contributed by atoms with Crippen LogP contribution in [0.2, 0.25) is 0 Å². The minimum Gasteiger partial charge on any atom is -0.388 e. The van der Waals surface area contributed by atoms with Crippen molar-refractivity contribution in [2.24, 2.45) is 5.92 Å². The lowest BCUT2D eigenvalue weighted by Crippen LogP contribution is -2.01. The van der Waals surface area contributed by atoms with Crippen LogP contribution in [-0.2, 0) is 0 Å². The fourth-order valence-corrected chi connectivity index (χ4v) is 1.96. The van der Waals surface area contributed by atoms with Crippen LogP contribution < -0.4 is 0 Å². The Morgan fingerprint density at radius 3 is 2.86 bits per heavy atom. The zero-order chi connectivity index (χ0) is 10.1. The highest BCUT2D eigenvalue weighted by Gasteiger charge is 2.26. The smallest absolute Gasteiger partial charge is 0.143 e. The summed E-state index contributed by atoms with van der Waals surface area (Å²) in [6, 6.07) is 5.04. The van der Waals surface area contributed by atoms with Gasteiger partial charge in [-0.2, -0.15) is 0 Å². The maximum Gasteiger partial charge on any atom is 0.143 e. The lowest BCUT2D eigenvalue weighted by molar-refractivity contribution is 0.155. The van der Waals surface area contributed by atoms with Crippen LogP contribution >= 0.6 is 15.9 Å². The molecule has 1 aliphatic rings. The fraction of sp³-hybridized carbons (Fsp3) is 0.455. The first-order chi connectivity index (χ1) is 6.68. The van der Waals surface area contributed by atoms with Crippen molar-refractivity contribution >= 4 is 15.9 Å². The summed E-state index contributed by atoms with van der Waals surface area (Å²) in [6.45, 7) is 0. The second-order valence-corrected chi connectivity index (χ2v) is 4.69. The van der Waals surface area contributed by atoms with Gasteiger partial charge in [0.25, 0.3) is 0 Å². The topological polar surface area (TPSA) is 20.2 Å². The highest BCUT2D eigenvalue weighted by Crippen LogP contribution is 2.38. The summed E-state index contributed by atoms with van der Waals surface area (Å²) in [7, 11) is 0. The van der Waals surface area contributed by atoms with Crippen LogP contribution in [0.5, 0.6) is 0 Å². The van der Waals surface area contributed by atoms with Gasteiger partial charge < -0.3 is 5.11 Å². The Morgan fingerprint density at radius 2 is 2.21 bits per heavy atom. The Bertz CT molecular complexity index is 336. The molecule has 1 N–H and O–H groups in total. The molecule has 0 amide bonds. The molecule has 1 atom stereocenters. The van der Waals surface area contributed by atoms with Gasteiger partial charge in [-0.3, -0.25) is 0 Å². The number of hydrogen-bond acceptors (Lipinski definition) is 1. The fourth-order valence-electron chi connectivity index (χ4n) is 1.57. The third-order valence-electron chi connectivity index (χ3n) is 2.59. The Balaban J connectivity index is 2.16. The van der Waals surface area contributed by atoms with Crippen LogP contribution in [0.3, 0.4) is 0 Å². The summed E-state index contributed by atoms with van der Waals surface area (Å²) in [6.07, 6.45) is 2.38. The van der Waals surface area contributed by atoms with Crippen molar-refractivity contribution in [3.05, 3.63) is 34.1 Å². The van der Waals surface area contributed by atoms with E-state index in [1.54, 1.807) is 18.2 Å². The lowest BCUT2D eigenvalue weighted by Gasteiger charge is -2.11. The highest BCUT2D eigenvalue weighted by atomic mass is 79.9. The van der Waals surface area contributed by atoms with E-state index in [2.05, 4.69) is 15.9 Å². The van der Waals surface area contributed by atoms with Gasteiger partial charge in [-0.1, -0.05) is 25.0 Å². The van der Waals surface area contributed by atoms with Gasteiger partial charge in [-0.25, -0.2) is 4.39 Å². The van der Waals surface area contributed by atoms with Crippen LogP contribution in [0.4, 0.5) is 4.39 Å². The number of benzene rings is 1. The Morgan fingerprint density at radius 1 is 1.50 bits per heavy atom. The maximum atomic E-state index is 13.5. The number of halogens is 2. The normalized spacial score (nSPS) is 18.2. The Kier molecular flexibility index (Phi) is 2.88. The number of aliphatic hydroxyl groups is 1. The molecule has 1 aromatic rings. The summed E-state index contributed by atoms with van der Waals surface area (Å²) in [4.78, 5) is 0. The molecule has 3 heteroatoms. The third-order valence-corrected chi connectivity index (χ3v) is 3.21. The Labute approximate surface area is 91.1 Å². The van der Waals surface area contributed by atoms with E-state index in [1.165, 1.54) is 12.8 Å². The second kappa shape index (κ2) is 3.99. The lowest BCUT2D eigenvalue weighted by atomic mass is 10.0. The first-order valence-electron chi connectivity index (χ1n) is 4.80. The average molecular weight is 259 g/mol. The van der Waals surface area contributed by atoms with Crippen molar-refractivity contribution in [3.8, 4) is 0 Å². The maximum absolute atomic E-state index is 13.5. The molecule has 1 saturated carbocycles. The van der Waals surface area contributed by atoms with Crippen LogP contribution in [-0.4, -0.2) is 5.11 Å². The first kappa shape index (κ1) is 10.1. The van der Waals surface area contributed by atoms with E-state index in [9.17, 15) is 9.50 Å². The van der Waals surface area contributed by atoms with Crippen LogP contribution in [0, 0.1) is 11.7 Å². The van der Waals surface area contributed by atoms with Gasteiger partial charge in [-0.15, -0.1) is 0 Å². The first-order valence-corrected chi connectivity index (χ1v) is 5.59. The zero-order valence-corrected chi connectivity index (χ0v) is 9.30. The monoisotopic (exact) mass is 258 g/mol. The largest absolute Gasteiger partial charge is 0.388 e. The van der Waals surface area contributed by atoms with E-state index in [-0.39, 0.29) is 5.82 Å². The van der Waals surface area contributed by atoms with Gasteiger partial charge in [0.05, 0.1) is 10.6 Å². The number of aliphatic hydroxyl groups excluding tert-OH is 1. The van der Waals surface area contributed by atoms with E-state index in [4.69, 9.17) is 0 Å². The Hall–Kier alpha value is -0.410. The summed E-state index contributed by atoms with van der Waals surface area (Å²) >= 11 is 3.11. The second-order valence-electron chi connectivity index (χ2n) is 3.84. The molecule has 0 aromatic heterocycles. The number of hydrogen-bond donors (Lipinski definition) is 1. The molecule has 0 spiro atoms. The van der Waals surface area contributed by atoms with Crippen molar-refractivity contribution in [3.63, 3.8) is 0 Å². The molecule has 14 heavy (non-hydrogen) atoms. The molecule has 0 aliphatic heterocycles. The summed E-state index contributed by atoms with van der Waals surface area (Å²) in [5.74, 6) is 0.268. The standard InChI is InChI=1S/C11H12BrFO/c12-9-3-1-2-8(11(9)13)10(14)6-7-4-5-7/h1-3,7,10,14H,4-6H2. The molecule has 0 saturated heterocycles. The molecule has 1 aromatic carbocycles. The predicted molar refractivity (Wildman–Crippen MR) is 56.4 cm³/mol. The van der Waals surface area contributed by atoms with Crippen molar-refractivity contribution in [1.29, 1.82) is 0 Å². The van der Waals surface area contributed by atoms with E-state index in [0.29, 0.717) is 22.4 Å². The van der Waals surface area contributed by atoms with Gasteiger partial charge in [-0.05, 0) is 34.3 Å². The zero-order valence-electron chi connectivity index (χ0n) is 7.71. The molecule has 1 nitrogen and oxygen atoms in total. The minimum absolute atomic E-state index is 0.333. The molecule has 0 radical (unpaired) electrons. The molecule has 76 valence electrons. The van der Waals surface area contributed by atoms with Gasteiger partial charge >= 0.3 is 0 Å².